The number of methoxy groups -OCH3 is 1. The highest BCUT2D eigenvalue weighted by molar-refractivity contribution is 5.97. The molecular weight excluding hydrogens is 244 g/mol. The largest absolute Gasteiger partial charge is 0.496 e. The summed E-state index contributed by atoms with van der Waals surface area (Å²) in [5, 5.41) is 7.45. The maximum atomic E-state index is 7.45. The lowest BCUT2D eigenvalue weighted by Crippen LogP contribution is -2.16. The molecule has 0 aliphatic heterocycles. The van der Waals surface area contributed by atoms with Crippen LogP contribution in [-0.4, -0.2) is 32.3 Å². The Labute approximate surface area is 114 Å². The van der Waals surface area contributed by atoms with Crippen LogP contribution in [0.4, 0.5) is 0 Å². The van der Waals surface area contributed by atoms with Gasteiger partial charge in [-0.2, -0.15) is 0 Å². The number of rotatable bonds is 8. The van der Waals surface area contributed by atoms with Crippen molar-refractivity contribution >= 4 is 5.84 Å². The normalized spacial score (nSPS) is 12.2. The van der Waals surface area contributed by atoms with E-state index in [2.05, 4.69) is 0 Å². The molecule has 0 heterocycles. The summed E-state index contributed by atoms with van der Waals surface area (Å²) < 4.78 is 16.2. The van der Waals surface area contributed by atoms with Gasteiger partial charge in [-0.3, -0.25) is 5.41 Å². The first kappa shape index (κ1) is 15.5. The molecule has 1 unspecified atom stereocenters. The van der Waals surface area contributed by atoms with Crippen molar-refractivity contribution in [2.75, 3.05) is 20.3 Å². The van der Waals surface area contributed by atoms with Crippen LogP contribution in [0.15, 0.2) is 18.2 Å². The first-order valence-corrected chi connectivity index (χ1v) is 6.29. The minimum absolute atomic E-state index is 0.00553. The molecule has 1 aromatic carbocycles. The van der Waals surface area contributed by atoms with Gasteiger partial charge in [0.15, 0.2) is 0 Å². The van der Waals surface area contributed by atoms with E-state index in [9.17, 15) is 0 Å². The minimum atomic E-state index is -0.00553. The summed E-state index contributed by atoms with van der Waals surface area (Å²) >= 11 is 0. The van der Waals surface area contributed by atoms with Crippen LogP contribution in [0.1, 0.15) is 25.0 Å². The molecule has 0 bridgehead atoms. The van der Waals surface area contributed by atoms with Gasteiger partial charge in [0.2, 0.25) is 0 Å². The summed E-state index contributed by atoms with van der Waals surface area (Å²) in [6.07, 6.45) is 0.0402. The number of hydrogen-bond acceptors (Lipinski definition) is 4. The summed E-state index contributed by atoms with van der Waals surface area (Å²) in [5.74, 6) is 0.583. The molecule has 0 saturated carbocycles. The molecule has 5 nitrogen and oxygen atoms in total. The van der Waals surface area contributed by atoms with Gasteiger partial charge in [-0.25, -0.2) is 0 Å². The van der Waals surface area contributed by atoms with Crippen molar-refractivity contribution in [3.05, 3.63) is 29.3 Å². The van der Waals surface area contributed by atoms with Gasteiger partial charge in [0, 0.05) is 6.61 Å². The molecular formula is C14H22N2O3. The van der Waals surface area contributed by atoms with Gasteiger partial charge in [-0.1, -0.05) is 6.07 Å². The number of ether oxygens (including phenoxy) is 3. The fourth-order valence-electron chi connectivity index (χ4n) is 1.62. The number of hydrogen-bond donors (Lipinski definition) is 2. The first-order chi connectivity index (χ1) is 9.08. The zero-order valence-corrected chi connectivity index (χ0v) is 11.7. The minimum Gasteiger partial charge on any atom is -0.496 e. The average molecular weight is 266 g/mol. The quantitative estimate of drug-likeness (QED) is 0.556. The molecule has 0 amide bonds. The fourth-order valence-corrected chi connectivity index (χ4v) is 1.62. The van der Waals surface area contributed by atoms with Crippen LogP contribution in [0.2, 0.25) is 0 Å². The number of nitrogens with one attached hydrogen (secondary N) is 1. The van der Waals surface area contributed by atoms with Gasteiger partial charge < -0.3 is 19.9 Å². The summed E-state index contributed by atoms with van der Waals surface area (Å²) in [7, 11) is 1.56. The van der Waals surface area contributed by atoms with Gasteiger partial charge in [0.25, 0.3) is 0 Å². The van der Waals surface area contributed by atoms with E-state index >= 15 is 0 Å². The SMILES string of the molecule is CCOCC(C)OCc1ccc(C(=N)N)c(OC)c1. The highest BCUT2D eigenvalue weighted by atomic mass is 16.5. The maximum Gasteiger partial charge on any atom is 0.130 e. The number of nitrogens with two attached hydrogens (primary N) is 1. The van der Waals surface area contributed by atoms with Crippen LogP contribution >= 0.6 is 0 Å². The van der Waals surface area contributed by atoms with Crippen LogP contribution in [0.25, 0.3) is 0 Å². The van der Waals surface area contributed by atoms with E-state index in [4.69, 9.17) is 25.4 Å². The molecule has 0 fully saturated rings. The summed E-state index contributed by atoms with van der Waals surface area (Å²) in [4.78, 5) is 0. The fraction of sp³-hybridized carbons (Fsp3) is 0.500. The molecule has 0 aliphatic rings. The predicted octanol–water partition coefficient (Wildman–Crippen LogP) is 1.92. The Hall–Kier alpha value is -1.59. The van der Waals surface area contributed by atoms with Crippen LogP contribution in [0.3, 0.4) is 0 Å². The highest BCUT2D eigenvalue weighted by Crippen LogP contribution is 2.20. The molecule has 1 atom stereocenters. The molecule has 19 heavy (non-hydrogen) atoms. The Bertz CT molecular complexity index is 421. The Morgan fingerprint density at radius 3 is 2.74 bits per heavy atom. The van der Waals surface area contributed by atoms with Gasteiger partial charge in [-0.15, -0.1) is 0 Å². The van der Waals surface area contributed by atoms with Crippen LogP contribution < -0.4 is 10.5 Å². The van der Waals surface area contributed by atoms with Gasteiger partial charge in [-0.05, 0) is 31.5 Å². The summed E-state index contributed by atoms with van der Waals surface area (Å²) in [6.45, 7) is 5.67. The Balaban J connectivity index is 2.62. The first-order valence-electron chi connectivity index (χ1n) is 6.29. The second-order valence-corrected chi connectivity index (χ2v) is 4.23. The van der Waals surface area contributed by atoms with Crippen molar-refractivity contribution in [1.29, 1.82) is 5.41 Å². The smallest absolute Gasteiger partial charge is 0.130 e. The van der Waals surface area contributed by atoms with E-state index in [1.54, 1.807) is 13.2 Å². The Morgan fingerprint density at radius 2 is 2.16 bits per heavy atom. The topological polar surface area (TPSA) is 77.6 Å². The Kier molecular flexibility index (Phi) is 6.32. The van der Waals surface area contributed by atoms with E-state index in [0.717, 1.165) is 5.56 Å². The monoisotopic (exact) mass is 266 g/mol. The van der Waals surface area contributed by atoms with E-state index in [0.29, 0.717) is 31.1 Å². The van der Waals surface area contributed by atoms with Gasteiger partial charge in [0.05, 0.1) is 32.0 Å². The number of benzene rings is 1. The zero-order chi connectivity index (χ0) is 14.3. The maximum absolute atomic E-state index is 7.45. The van der Waals surface area contributed by atoms with Crippen molar-refractivity contribution < 1.29 is 14.2 Å². The van der Waals surface area contributed by atoms with Crippen LogP contribution in [0.5, 0.6) is 5.75 Å². The summed E-state index contributed by atoms with van der Waals surface area (Å²) in [5.41, 5.74) is 7.04. The lowest BCUT2D eigenvalue weighted by molar-refractivity contribution is -0.0117. The standard InChI is InChI=1S/C14H22N2O3/c1-4-18-8-10(2)19-9-11-5-6-12(14(15)16)13(7-11)17-3/h5-7,10H,4,8-9H2,1-3H3,(H3,15,16). The molecule has 0 radical (unpaired) electrons. The van der Waals surface area contributed by atoms with Crippen LogP contribution in [0, 0.1) is 5.41 Å². The van der Waals surface area contributed by atoms with Gasteiger partial charge in [0.1, 0.15) is 11.6 Å². The molecule has 5 heteroatoms. The second kappa shape index (κ2) is 7.76. The number of amidine groups is 1. The molecule has 0 saturated heterocycles. The average Bonchev–Trinajstić information content (AvgIpc) is 2.42. The number of nitrogen functional groups attached to an aromatic ring is 1. The molecule has 1 aromatic rings. The molecule has 1 rings (SSSR count). The molecule has 3 N–H and O–H groups in total. The zero-order valence-electron chi connectivity index (χ0n) is 11.7. The van der Waals surface area contributed by atoms with Gasteiger partial charge >= 0.3 is 0 Å². The Morgan fingerprint density at radius 1 is 1.42 bits per heavy atom. The van der Waals surface area contributed by atoms with E-state index < -0.39 is 0 Å². The molecule has 0 aromatic heterocycles. The van der Waals surface area contributed by atoms with E-state index in [1.165, 1.54) is 0 Å². The van der Waals surface area contributed by atoms with Crippen molar-refractivity contribution in [2.45, 2.75) is 26.6 Å². The van der Waals surface area contributed by atoms with Crippen molar-refractivity contribution in [2.24, 2.45) is 5.73 Å². The second-order valence-electron chi connectivity index (χ2n) is 4.23. The molecule has 0 spiro atoms. The molecule has 0 aliphatic carbocycles. The third-order valence-electron chi connectivity index (χ3n) is 2.65. The van der Waals surface area contributed by atoms with Crippen molar-refractivity contribution in [3.8, 4) is 5.75 Å². The van der Waals surface area contributed by atoms with E-state index in [1.807, 2.05) is 26.0 Å². The van der Waals surface area contributed by atoms with E-state index in [-0.39, 0.29) is 11.9 Å². The molecule has 106 valence electrons. The third kappa shape index (κ3) is 4.89. The lowest BCUT2D eigenvalue weighted by Gasteiger charge is -2.14. The lowest BCUT2D eigenvalue weighted by atomic mass is 10.1. The summed E-state index contributed by atoms with van der Waals surface area (Å²) in [6, 6.07) is 5.49. The van der Waals surface area contributed by atoms with Crippen LogP contribution in [-0.2, 0) is 16.1 Å². The third-order valence-corrected chi connectivity index (χ3v) is 2.65. The highest BCUT2D eigenvalue weighted by Gasteiger charge is 2.08. The predicted molar refractivity (Wildman–Crippen MR) is 74.8 cm³/mol. The van der Waals surface area contributed by atoms with Crippen molar-refractivity contribution in [3.63, 3.8) is 0 Å². The van der Waals surface area contributed by atoms with Crippen molar-refractivity contribution in [1.82, 2.24) is 0 Å².